The van der Waals surface area contributed by atoms with E-state index in [1.54, 1.807) is 49.0 Å². The molecule has 0 fully saturated rings. The number of thiazole rings is 1. The number of rotatable bonds is 3. The number of carbonyl (C=O) groups is 1. The Morgan fingerprint density at radius 3 is 2.88 bits per heavy atom. The van der Waals surface area contributed by atoms with Crippen LogP contribution in [0.25, 0.3) is 21.9 Å². The summed E-state index contributed by atoms with van der Waals surface area (Å²) in [5, 5.41) is 5.08. The first-order chi connectivity index (χ1) is 11.7. The summed E-state index contributed by atoms with van der Waals surface area (Å²) in [6.07, 6.45) is 3.27. The molecule has 1 amide bonds. The molecule has 0 radical (unpaired) electrons. The van der Waals surface area contributed by atoms with Crippen molar-refractivity contribution in [1.82, 2.24) is 19.9 Å². The molecule has 0 saturated heterocycles. The van der Waals surface area contributed by atoms with E-state index in [2.05, 4.69) is 25.3 Å². The highest BCUT2D eigenvalue weighted by Gasteiger charge is 2.14. The van der Waals surface area contributed by atoms with Gasteiger partial charge in [-0.25, -0.2) is 19.9 Å². The summed E-state index contributed by atoms with van der Waals surface area (Å²) in [6, 6.07) is 7.04. The van der Waals surface area contributed by atoms with Crippen LogP contribution < -0.4 is 5.32 Å². The molecule has 7 nitrogen and oxygen atoms in total. The minimum atomic E-state index is -0.302. The lowest BCUT2D eigenvalue weighted by Gasteiger charge is -2.02. The first-order valence-corrected chi connectivity index (χ1v) is 7.98. The molecule has 0 bridgehead atoms. The molecule has 24 heavy (non-hydrogen) atoms. The highest BCUT2D eigenvalue weighted by molar-refractivity contribution is 7.13. The number of amides is 1. The van der Waals surface area contributed by atoms with E-state index in [1.165, 1.54) is 11.3 Å². The molecule has 1 N–H and O–H groups in total. The second kappa shape index (κ2) is 5.82. The van der Waals surface area contributed by atoms with Crippen molar-refractivity contribution in [2.45, 2.75) is 6.92 Å². The maximum Gasteiger partial charge on any atom is 0.275 e. The third-order valence-electron chi connectivity index (χ3n) is 3.25. The molecule has 0 atom stereocenters. The van der Waals surface area contributed by atoms with E-state index in [0.29, 0.717) is 33.7 Å². The van der Waals surface area contributed by atoms with Crippen LogP contribution in [0.15, 0.2) is 46.5 Å². The van der Waals surface area contributed by atoms with Crippen LogP contribution in [-0.2, 0) is 0 Å². The zero-order chi connectivity index (χ0) is 16.5. The Morgan fingerprint density at radius 1 is 1.21 bits per heavy atom. The largest absolute Gasteiger partial charge is 0.441 e. The van der Waals surface area contributed by atoms with Crippen molar-refractivity contribution >= 4 is 34.0 Å². The second-order valence-electron chi connectivity index (χ2n) is 4.98. The fourth-order valence-electron chi connectivity index (χ4n) is 2.20. The Morgan fingerprint density at radius 2 is 2.04 bits per heavy atom. The smallest absolute Gasteiger partial charge is 0.275 e. The molecule has 3 heterocycles. The monoisotopic (exact) mass is 337 g/mol. The van der Waals surface area contributed by atoms with Crippen LogP contribution in [0.5, 0.6) is 0 Å². The van der Waals surface area contributed by atoms with Gasteiger partial charge in [0.15, 0.2) is 22.3 Å². The fraction of sp³-hybridized carbons (Fsp3) is 0.0625. The van der Waals surface area contributed by atoms with Crippen LogP contribution >= 0.6 is 11.3 Å². The zero-order valence-electron chi connectivity index (χ0n) is 12.6. The summed E-state index contributed by atoms with van der Waals surface area (Å²) in [5.74, 6) is 0.782. The van der Waals surface area contributed by atoms with Gasteiger partial charge in [0.2, 0.25) is 0 Å². The normalized spacial score (nSPS) is 10.9. The van der Waals surface area contributed by atoms with Gasteiger partial charge in [-0.3, -0.25) is 4.79 Å². The van der Waals surface area contributed by atoms with Crippen LogP contribution in [0.3, 0.4) is 0 Å². The molecule has 0 unspecified atom stereocenters. The average molecular weight is 337 g/mol. The number of benzene rings is 1. The first-order valence-electron chi connectivity index (χ1n) is 7.10. The molecule has 4 aromatic rings. The molecule has 0 aliphatic rings. The van der Waals surface area contributed by atoms with E-state index in [1.807, 2.05) is 0 Å². The van der Waals surface area contributed by atoms with Gasteiger partial charge in [-0.15, -0.1) is 11.3 Å². The molecule has 0 aliphatic heterocycles. The predicted octanol–water partition coefficient (Wildman–Crippen LogP) is 3.30. The number of nitrogens with one attached hydrogen (secondary N) is 1. The second-order valence-corrected chi connectivity index (χ2v) is 5.84. The number of aromatic nitrogens is 4. The van der Waals surface area contributed by atoms with Gasteiger partial charge in [-0.1, -0.05) is 0 Å². The highest BCUT2D eigenvalue weighted by atomic mass is 32.1. The molecular weight excluding hydrogens is 326 g/mol. The summed E-state index contributed by atoms with van der Waals surface area (Å²) < 4.78 is 5.47. The molecule has 4 rings (SSSR count). The minimum absolute atomic E-state index is 0.302. The lowest BCUT2D eigenvalue weighted by Crippen LogP contribution is -2.12. The number of hydrogen-bond donors (Lipinski definition) is 1. The Bertz CT molecular complexity index is 1030. The third kappa shape index (κ3) is 2.74. The average Bonchev–Trinajstić information content (AvgIpc) is 3.21. The lowest BCUT2D eigenvalue weighted by molar-refractivity contribution is 0.102. The molecule has 0 aliphatic carbocycles. The Kier molecular flexibility index (Phi) is 3.51. The van der Waals surface area contributed by atoms with E-state index >= 15 is 0 Å². The Balaban J connectivity index is 1.56. The van der Waals surface area contributed by atoms with Crippen molar-refractivity contribution in [3.63, 3.8) is 0 Å². The van der Waals surface area contributed by atoms with Crippen LogP contribution in [0.4, 0.5) is 5.69 Å². The summed E-state index contributed by atoms with van der Waals surface area (Å²) in [5.41, 5.74) is 2.31. The Labute approximate surface area is 140 Å². The standard InChI is InChI=1S/C16H11N5O2S/c1-9-19-11-4-3-10(7-13(11)23-9)20-15(22)12-8-24-16(21-12)14-17-5-2-6-18-14/h2-8H,1H3,(H,20,22). The first kappa shape index (κ1) is 14.5. The number of nitrogens with zero attached hydrogens (tertiary/aromatic N) is 4. The highest BCUT2D eigenvalue weighted by Crippen LogP contribution is 2.22. The number of fused-ring (bicyclic) bond motifs is 1. The molecule has 3 aromatic heterocycles. The van der Waals surface area contributed by atoms with Gasteiger partial charge in [-0.05, 0) is 18.2 Å². The van der Waals surface area contributed by atoms with Crippen molar-refractivity contribution in [1.29, 1.82) is 0 Å². The van der Waals surface area contributed by atoms with Crippen molar-refractivity contribution in [3.8, 4) is 10.8 Å². The summed E-state index contributed by atoms with van der Waals surface area (Å²) >= 11 is 1.32. The summed E-state index contributed by atoms with van der Waals surface area (Å²) in [7, 11) is 0. The quantitative estimate of drug-likeness (QED) is 0.616. The fourth-order valence-corrected chi connectivity index (χ4v) is 2.95. The van der Waals surface area contributed by atoms with Gasteiger partial charge >= 0.3 is 0 Å². The van der Waals surface area contributed by atoms with E-state index in [4.69, 9.17) is 4.42 Å². The third-order valence-corrected chi connectivity index (χ3v) is 4.09. The number of anilines is 1. The SMILES string of the molecule is Cc1nc2ccc(NC(=O)c3csc(-c4ncccn4)n3)cc2o1. The van der Waals surface area contributed by atoms with E-state index in [-0.39, 0.29) is 5.91 Å². The topological polar surface area (TPSA) is 93.8 Å². The molecule has 118 valence electrons. The van der Waals surface area contributed by atoms with E-state index in [0.717, 1.165) is 5.52 Å². The number of aryl methyl sites for hydroxylation is 1. The molecule has 1 aromatic carbocycles. The lowest BCUT2D eigenvalue weighted by atomic mass is 10.3. The Hall–Kier alpha value is -3.13. The zero-order valence-corrected chi connectivity index (χ0v) is 13.4. The van der Waals surface area contributed by atoms with Crippen molar-refractivity contribution in [2.24, 2.45) is 0 Å². The van der Waals surface area contributed by atoms with E-state index < -0.39 is 0 Å². The molecule has 0 spiro atoms. The number of oxazole rings is 1. The molecule has 8 heteroatoms. The van der Waals surface area contributed by atoms with Crippen LogP contribution in [0, 0.1) is 6.92 Å². The van der Waals surface area contributed by atoms with Crippen LogP contribution in [0.1, 0.15) is 16.4 Å². The molecule has 0 saturated carbocycles. The van der Waals surface area contributed by atoms with Crippen LogP contribution in [0.2, 0.25) is 0 Å². The van der Waals surface area contributed by atoms with Gasteiger partial charge in [0.1, 0.15) is 11.2 Å². The molecular formula is C16H11N5O2S. The van der Waals surface area contributed by atoms with Crippen molar-refractivity contribution in [2.75, 3.05) is 5.32 Å². The van der Waals surface area contributed by atoms with Gasteiger partial charge < -0.3 is 9.73 Å². The number of carbonyl (C=O) groups excluding carboxylic acids is 1. The predicted molar refractivity (Wildman–Crippen MR) is 89.8 cm³/mol. The van der Waals surface area contributed by atoms with E-state index in [9.17, 15) is 4.79 Å². The maximum absolute atomic E-state index is 12.3. The van der Waals surface area contributed by atoms with Gasteiger partial charge in [0, 0.05) is 36.5 Å². The number of hydrogen-bond acceptors (Lipinski definition) is 7. The summed E-state index contributed by atoms with van der Waals surface area (Å²) in [4.78, 5) is 29.1. The van der Waals surface area contributed by atoms with Crippen molar-refractivity contribution < 1.29 is 9.21 Å². The van der Waals surface area contributed by atoms with Gasteiger partial charge in [0.05, 0.1) is 0 Å². The van der Waals surface area contributed by atoms with Gasteiger partial charge in [-0.2, -0.15) is 0 Å². The van der Waals surface area contributed by atoms with Gasteiger partial charge in [0.25, 0.3) is 5.91 Å². The summed E-state index contributed by atoms with van der Waals surface area (Å²) in [6.45, 7) is 1.78. The van der Waals surface area contributed by atoms with Crippen molar-refractivity contribution in [3.05, 3.63) is 53.6 Å². The van der Waals surface area contributed by atoms with Crippen LogP contribution in [-0.4, -0.2) is 25.8 Å². The minimum Gasteiger partial charge on any atom is -0.441 e. The maximum atomic E-state index is 12.3.